The Kier molecular flexibility index (Phi) is 2.68. The topological polar surface area (TPSA) is 26.0 Å². The molecule has 2 N–H and O–H groups in total. The fourth-order valence-electron chi connectivity index (χ4n) is 2.25. The van der Waals surface area contributed by atoms with Crippen molar-refractivity contribution in [3.8, 4) is 0 Å². The molecule has 13 heavy (non-hydrogen) atoms. The van der Waals surface area contributed by atoms with Crippen LogP contribution in [0, 0.1) is 11.3 Å². The van der Waals surface area contributed by atoms with E-state index in [2.05, 4.69) is 13.8 Å². The monoisotopic (exact) mass is 191 g/mol. The summed E-state index contributed by atoms with van der Waals surface area (Å²) in [5, 5.41) is 0. The van der Waals surface area contributed by atoms with Gasteiger partial charge in [-0.3, -0.25) is 0 Å². The van der Waals surface area contributed by atoms with Crippen molar-refractivity contribution in [1.29, 1.82) is 0 Å². The van der Waals surface area contributed by atoms with Gasteiger partial charge in [-0.2, -0.15) is 0 Å². The van der Waals surface area contributed by atoms with Gasteiger partial charge in [0.25, 0.3) is 6.43 Å². The molecule has 2 unspecified atom stereocenters. The maximum absolute atomic E-state index is 12.7. The van der Waals surface area contributed by atoms with Crippen LogP contribution >= 0.6 is 0 Å². The highest BCUT2D eigenvalue weighted by Gasteiger charge is 2.46. The Morgan fingerprint density at radius 1 is 1.31 bits per heavy atom. The molecular formula is C10H19F2N. The van der Waals surface area contributed by atoms with Crippen molar-refractivity contribution in [1.82, 2.24) is 0 Å². The van der Waals surface area contributed by atoms with Crippen molar-refractivity contribution < 1.29 is 8.78 Å². The standard InChI is InChI=1S/C10H19F2N/c1-7-6-9(2,3)4-5-10(7,13)8(11)12/h7-8H,4-6,13H2,1-3H3. The Morgan fingerprint density at radius 3 is 2.23 bits per heavy atom. The average Bonchev–Trinajstić information content (AvgIpc) is 1.96. The number of halogens is 2. The van der Waals surface area contributed by atoms with Crippen LogP contribution in [0.4, 0.5) is 8.78 Å². The average molecular weight is 191 g/mol. The zero-order valence-corrected chi connectivity index (χ0v) is 8.61. The van der Waals surface area contributed by atoms with Crippen molar-refractivity contribution in [2.24, 2.45) is 17.1 Å². The first kappa shape index (κ1) is 10.9. The predicted molar refractivity (Wildman–Crippen MR) is 49.7 cm³/mol. The van der Waals surface area contributed by atoms with Crippen molar-refractivity contribution in [3.63, 3.8) is 0 Å². The third-order valence-electron chi connectivity index (χ3n) is 3.42. The Morgan fingerprint density at radius 2 is 1.85 bits per heavy atom. The summed E-state index contributed by atoms with van der Waals surface area (Å²) in [4.78, 5) is 0. The fraction of sp³-hybridized carbons (Fsp3) is 1.00. The van der Waals surface area contributed by atoms with E-state index < -0.39 is 12.0 Å². The van der Waals surface area contributed by atoms with E-state index >= 15 is 0 Å². The van der Waals surface area contributed by atoms with Crippen LogP contribution in [-0.4, -0.2) is 12.0 Å². The zero-order chi connectivity index (χ0) is 10.3. The highest BCUT2D eigenvalue weighted by atomic mass is 19.3. The maximum Gasteiger partial charge on any atom is 0.256 e. The van der Waals surface area contributed by atoms with Gasteiger partial charge in [-0.1, -0.05) is 20.8 Å². The summed E-state index contributed by atoms with van der Waals surface area (Å²) in [5.41, 5.74) is 4.65. The Labute approximate surface area is 78.7 Å². The summed E-state index contributed by atoms with van der Waals surface area (Å²) in [6.45, 7) is 6.08. The van der Waals surface area contributed by atoms with Gasteiger partial charge in [0.1, 0.15) is 0 Å². The van der Waals surface area contributed by atoms with E-state index in [1.54, 1.807) is 0 Å². The number of hydrogen-bond donors (Lipinski definition) is 1. The molecule has 0 amide bonds. The molecular weight excluding hydrogens is 172 g/mol. The second-order valence-corrected chi connectivity index (χ2v) is 5.18. The van der Waals surface area contributed by atoms with Crippen LogP contribution in [0.1, 0.15) is 40.0 Å². The van der Waals surface area contributed by atoms with Gasteiger partial charge in [-0.25, -0.2) is 8.78 Å². The first-order chi connectivity index (χ1) is 5.78. The maximum atomic E-state index is 12.7. The van der Waals surface area contributed by atoms with E-state index in [1.165, 1.54) is 0 Å². The first-order valence-electron chi connectivity index (χ1n) is 4.85. The molecule has 0 saturated heterocycles. The second kappa shape index (κ2) is 3.19. The summed E-state index contributed by atoms with van der Waals surface area (Å²) in [7, 11) is 0. The van der Waals surface area contributed by atoms with E-state index in [-0.39, 0.29) is 11.3 Å². The summed E-state index contributed by atoms with van der Waals surface area (Å²) < 4.78 is 25.4. The lowest BCUT2D eigenvalue weighted by molar-refractivity contribution is -0.0256. The van der Waals surface area contributed by atoms with Crippen molar-refractivity contribution in [2.45, 2.75) is 52.0 Å². The van der Waals surface area contributed by atoms with Crippen LogP contribution in [0.2, 0.25) is 0 Å². The molecule has 0 spiro atoms. The Bertz CT molecular complexity index is 191. The molecule has 1 saturated carbocycles. The van der Waals surface area contributed by atoms with Gasteiger partial charge in [0, 0.05) is 0 Å². The molecule has 78 valence electrons. The van der Waals surface area contributed by atoms with Gasteiger partial charge in [0.15, 0.2) is 0 Å². The van der Waals surface area contributed by atoms with Crippen molar-refractivity contribution >= 4 is 0 Å². The van der Waals surface area contributed by atoms with Gasteiger partial charge in [0.05, 0.1) is 5.54 Å². The lowest BCUT2D eigenvalue weighted by atomic mass is 9.64. The van der Waals surface area contributed by atoms with E-state index in [0.29, 0.717) is 6.42 Å². The van der Waals surface area contributed by atoms with E-state index in [4.69, 9.17) is 5.73 Å². The van der Waals surface area contributed by atoms with Gasteiger partial charge in [0.2, 0.25) is 0 Å². The van der Waals surface area contributed by atoms with Crippen molar-refractivity contribution in [2.75, 3.05) is 0 Å². The molecule has 1 aliphatic rings. The molecule has 0 aliphatic heterocycles. The molecule has 2 atom stereocenters. The van der Waals surface area contributed by atoms with Crippen LogP contribution in [0.25, 0.3) is 0 Å². The van der Waals surface area contributed by atoms with Gasteiger partial charge in [-0.15, -0.1) is 0 Å². The zero-order valence-electron chi connectivity index (χ0n) is 8.61. The Hall–Kier alpha value is -0.180. The third kappa shape index (κ3) is 2.01. The van der Waals surface area contributed by atoms with E-state index in [0.717, 1.165) is 12.8 Å². The molecule has 0 aromatic rings. The van der Waals surface area contributed by atoms with Crippen molar-refractivity contribution in [3.05, 3.63) is 0 Å². The first-order valence-corrected chi connectivity index (χ1v) is 4.85. The molecule has 0 aromatic heterocycles. The Balaban J connectivity index is 2.73. The van der Waals surface area contributed by atoms with Gasteiger partial charge >= 0.3 is 0 Å². The molecule has 0 aromatic carbocycles. The minimum Gasteiger partial charge on any atom is -0.320 e. The smallest absolute Gasteiger partial charge is 0.256 e. The normalized spacial score (nSPS) is 39.5. The second-order valence-electron chi connectivity index (χ2n) is 5.18. The fourth-order valence-corrected chi connectivity index (χ4v) is 2.25. The third-order valence-corrected chi connectivity index (χ3v) is 3.42. The molecule has 0 heterocycles. The summed E-state index contributed by atoms with van der Waals surface area (Å²) in [6.07, 6.45) is -0.344. The highest BCUT2D eigenvalue weighted by molar-refractivity contribution is 4.98. The predicted octanol–water partition coefficient (Wildman–Crippen LogP) is 2.80. The van der Waals surface area contributed by atoms with Gasteiger partial charge < -0.3 is 5.73 Å². The highest BCUT2D eigenvalue weighted by Crippen LogP contribution is 2.44. The van der Waals surface area contributed by atoms with Crippen LogP contribution in [-0.2, 0) is 0 Å². The quantitative estimate of drug-likeness (QED) is 0.677. The summed E-state index contributed by atoms with van der Waals surface area (Å²) in [6, 6.07) is 0. The minimum absolute atomic E-state index is 0.0868. The largest absolute Gasteiger partial charge is 0.320 e. The number of nitrogens with two attached hydrogens (primary N) is 1. The summed E-state index contributed by atoms with van der Waals surface area (Å²) >= 11 is 0. The molecule has 3 heteroatoms. The van der Waals surface area contributed by atoms with E-state index in [1.807, 2.05) is 6.92 Å². The summed E-state index contributed by atoms with van der Waals surface area (Å²) in [5.74, 6) is -0.0868. The van der Waals surface area contributed by atoms with E-state index in [9.17, 15) is 8.78 Å². The van der Waals surface area contributed by atoms with Crippen LogP contribution in [0.15, 0.2) is 0 Å². The lowest BCUT2D eigenvalue weighted by Crippen LogP contribution is -2.56. The van der Waals surface area contributed by atoms with Gasteiger partial charge in [-0.05, 0) is 30.6 Å². The SMILES string of the molecule is CC1CC(C)(C)CCC1(N)C(F)F. The number of rotatable bonds is 1. The van der Waals surface area contributed by atoms with Crippen LogP contribution in [0.5, 0.6) is 0 Å². The number of hydrogen-bond acceptors (Lipinski definition) is 1. The minimum atomic E-state index is -2.39. The molecule has 0 bridgehead atoms. The molecule has 1 fully saturated rings. The number of alkyl halides is 2. The molecule has 1 aliphatic carbocycles. The molecule has 0 radical (unpaired) electrons. The van der Waals surface area contributed by atoms with Crippen LogP contribution < -0.4 is 5.73 Å². The molecule has 1 nitrogen and oxygen atoms in total. The lowest BCUT2D eigenvalue weighted by Gasteiger charge is -2.45. The van der Waals surface area contributed by atoms with Crippen LogP contribution in [0.3, 0.4) is 0 Å². The molecule has 1 rings (SSSR count).